The van der Waals surface area contributed by atoms with Crippen molar-refractivity contribution >= 4 is 66.9 Å². The monoisotopic (exact) mass is 453 g/mol. The lowest BCUT2D eigenvalue weighted by Crippen LogP contribution is -2.13. The number of carbonyl (C=O) groups excluding carboxylic acids is 1. The standard InChI is InChI=1S/C20H12ClN5O2S2/c21-13-4-6-15-16(9-13)30-19(23-15)24-17(27)10-29-20-26-25-18(28-20)12-3-5-14-11(8-12)2-1-7-22-14/h1-9H,10H2,(H,23,24,27). The van der Waals surface area contributed by atoms with Crippen LogP contribution in [0.15, 0.2) is 64.4 Å². The summed E-state index contributed by atoms with van der Waals surface area (Å²) in [6.07, 6.45) is 1.75. The molecule has 0 saturated heterocycles. The molecule has 148 valence electrons. The predicted molar refractivity (Wildman–Crippen MR) is 119 cm³/mol. The smallest absolute Gasteiger partial charge is 0.277 e. The zero-order valence-corrected chi connectivity index (χ0v) is 17.6. The number of hydrogen-bond donors (Lipinski definition) is 1. The van der Waals surface area contributed by atoms with Gasteiger partial charge in [-0.15, -0.1) is 10.2 Å². The first kappa shape index (κ1) is 19.0. The maximum Gasteiger partial charge on any atom is 0.277 e. The number of rotatable bonds is 5. The third kappa shape index (κ3) is 4.00. The number of halogens is 1. The van der Waals surface area contributed by atoms with E-state index in [2.05, 4.69) is 25.5 Å². The first-order chi connectivity index (χ1) is 14.6. The van der Waals surface area contributed by atoms with Gasteiger partial charge in [-0.3, -0.25) is 9.78 Å². The average Bonchev–Trinajstić information content (AvgIpc) is 3.38. The van der Waals surface area contributed by atoms with Gasteiger partial charge in [-0.05, 0) is 42.5 Å². The number of nitrogens with zero attached hydrogens (tertiary/aromatic N) is 4. The number of amides is 1. The fourth-order valence-corrected chi connectivity index (χ4v) is 4.55. The van der Waals surface area contributed by atoms with Crippen LogP contribution in [-0.4, -0.2) is 31.8 Å². The quantitative estimate of drug-likeness (QED) is 0.362. The Kier molecular flexibility index (Phi) is 5.07. The number of thioether (sulfide) groups is 1. The van der Waals surface area contributed by atoms with E-state index in [4.69, 9.17) is 16.0 Å². The van der Waals surface area contributed by atoms with Crippen LogP contribution in [0.25, 0.3) is 32.6 Å². The van der Waals surface area contributed by atoms with E-state index in [1.54, 1.807) is 12.3 Å². The Bertz CT molecular complexity index is 1380. The summed E-state index contributed by atoms with van der Waals surface area (Å²) in [5.74, 6) is 0.313. The van der Waals surface area contributed by atoms with E-state index >= 15 is 0 Å². The highest BCUT2D eigenvalue weighted by Crippen LogP contribution is 2.29. The molecular formula is C20H12ClN5O2S2. The molecule has 0 fully saturated rings. The van der Waals surface area contributed by atoms with E-state index < -0.39 is 0 Å². The fourth-order valence-electron chi connectivity index (χ4n) is 2.83. The lowest BCUT2D eigenvalue weighted by molar-refractivity contribution is -0.113. The highest BCUT2D eigenvalue weighted by Gasteiger charge is 2.13. The molecule has 0 saturated carbocycles. The lowest BCUT2D eigenvalue weighted by atomic mass is 10.1. The Morgan fingerprint density at radius 1 is 1.13 bits per heavy atom. The Hall–Kier alpha value is -3.01. The molecule has 3 aromatic heterocycles. The van der Waals surface area contributed by atoms with Crippen LogP contribution in [0, 0.1) is 0 Å². The molecule has 7 nitrogen and oxygen atoms in total. The van der Waals surface area contributed by atoms with Crippen molar-refractivity contribution in [3.8, 4) is 11.5 Å². The van der Waals surface area contributed by atoms with E-state index in [0.29, 0.717) is 21.3 Å². The van der Waals surface area contributed by atoms with Gasteiger partial charge in [0.25, 0.3) is 5.22 Å². The first-order valence-electron chi connectivity index (χ1n) is 8.81. The minimum absolute atomic E-state index is 0.125. The molecule has 5 aromatic rings. The Morgan fingerprint density at radius 3 is 2.97 bits per heavy atom. The number of fused-ring (bicyclic) bond motifs is 2. The van der Waals surface area contributed by atoms with Crippen LogP contribution >= 0.6 is 34.7 Å². The van der Waals surface area contributed by atoms with Crippen molar-refractivity contribution in [1.29, 1.82) is 0 Å². The molecule has 3 heterocycles. The van der Waals surface area contributed by atoms with Crippen molar-refractivity contribution in [3.63, 3.8) is 0 Å². The highest BCUT2D eigenvalue weighted by molar-refractivity contribution is 7.99. The van der Waals surface area contributed by atoms with Gasteiger partial charge in [-0.1, -0.05) is 40.8 Å². The molecule has 0 aliphatic rings. The first-order valence-corrected chi connectivity index (χ1v) is 11.0. The van der Waals surface area contributed by atoms with Crippen LogP contribution in [0.5, 0.6) is 0 Å². The van der Waals surface area contributed by atoms with Crippen molar-refractivity contribution in [3.05, 3.63) is 59.8 Å². The van der Waals surface area contributed by atoms with Crippen LogP contribution in [0.4, 0.5) is 5.13 Å². The third-order valence-corrected chi connectivity index (χ3v) is 6.17. The molecule has 30 heavy (non-hydrogen) atoms. The number of hydrogen-bond acceptors (Lipinski definition) is 8. The second-order valence-electron chi connectivity index (χ2n) is 6.25. The van der Waals surface area contributed by atoms with Crippen LogP contribution in [-0.2, 0) is 4.79 Å². The zero-order valence-electron chi connectivity index (χ0n) is 15.2. The van der Waals surface area contributed by atoms with E-state index in [-0.39, 0.29) is 11.7 Å². The van der Waals surface area contributed by atoms with Gasteiger partial charge in [0.1, 0.15) is 0 Å². The second kappa shape index (κ2) is 8.02. The molecule has 1 N–H and O–H groups in total. The third-order valence-electron chi connectivity index (χ3n) is 4.18. The highest BCUT2D eigenvalue weighted by atomic mass is 35.5. The van der Waals surface area contributed by atoms with Crippen LogP contribution in [0.2, 0.25) is 5.02 Å². The maximum absolute atomic E-state index is 12.3. The summed E-state index contributed by atoms with van der Waals surface area (Å²) in [5.41, 5.74) is 2.48. The topological polar surface area (TPSA) is 93.8 Å². The summed E-state index contributed by atoms with van der Waals surface area (Å²) >= 11 is 8.53. The van der Waals surface area contributed by atoms with E-state index in [1.807, 2.05) is 42.5 Å². The summed E-state index contributed by atoms with van der Waals surface area (Å²) in [5, 5.41) is 13.3. The molecule has 0 aliphatic heterocycles. The molecular weight excluding hydrogens is 442 g/mol. The van der Waals surface area contributed by atoms with E-state index in [1.165, 1.54) is 23.1 Å². The van der Waals surface area contributed by atoms with Gasteiger partial charge in [-0.2, -0.15) is 0 Å². The normalized spacial score (nSPS) is 11.2. The number of carbonyl (C=O) groups is 1. The number of thiazole rings is 1. The van der Waals surface area contributed by atoms with Crippen molar-refractivity contribution in [2.24, 2.45) is 0 Å². The summed E-state index contributed by atoms with van der Waals surface area (Å²) in [6.45, 7) is 0. The molecule has 10 heteroatoms. The van der Waals surface area contributed by atoms with Crippen LogP contribution in [0.3, 0.4) is 0 Å². The second-order valence-corrected chi connectivity index (χ2v) is 8.65. The molecule has 0 bridgehead atoms. The van der Waals surface area contributed by atoms with Crippen molar-refractivity contribution in [2.75, 3.05) is 11.1 Å². The number of nitrogens with one attached hydrogen (secondary N) is 1. The number of benzene rings is 2. The SMILES string of the molecule is O=C(CSc1nnc(-c2ccc3ncccc3c2)o1)Nc1nc2ccc(Cl)cc2s1. The van der Waals surface area contributed by atoms with Gasteiger partial charge in [0.2, 0.25) is 11.8 Å². The van der Waals surface area contributed by atoms with E-state index in [9.17, 15) is 4.79 Å². The molecule has 2 aromatic carbocycles. The molecule has 0 radical (unpaired) electrons. The van der Waals surface area contributed by atoms with E-state index in [0.717, 1.165) is 26.7 Å². The summed E-state index contributed by atoms with van der Waals surface area (Å²) in [7, 11) is 0. The Labute approximate surface area is 183 Å². The van der Waals surface area contributed by atoms with Gasteiger partial charge in [0.05, 0.1) is 21.5 Å². The Balaban J connectivity index is 1.24. The minimum atomic E-state index is -0.207. The maximum atomic E-state index is 12.3. The summed E-state index contributed by atoms with van der Waals surface area (Å²) in [6, 6.07) is 15.0. The number of pyridine rings is 1. The van der Waals surface area contributed by atoms with Crippen LogP contribution in [0.1, 0.15) is 0 Å². The zero-order chi connectivity index (χ0) is 20.5. The molecule has 0 aliphatic carbocycles. The van der Waals surface area contributed by atoms with Crippen LogP contribution < -0.4 is 5.32 Å². The summed E-state index contributed by atoms with van der Waals surface area (Å²) < 4.78 is 6.61. The Morgan fingerprint density at radius 2 is 2.03 bits per heavy atom. The largest absolute Gasteiger partial charge is 0.411 e. The predicted octanol–water partition coefficient (Wildman–Crippen LogP) is 5.28. The molecule has 5 rings (SSSR count). The number of anilines is 1. The summed E-state index contributed by atoms with van der Waals surface area (Å²) in [4.78, 5) is 20.9. The van der Waals surface area contributed by atoms with Crippen molar-refractivity contribution in [2.45, 2.75) is 5.22 Å². The molecule has 1 amide bonds. The van der Waals surface area contributed by atoms with Gasteiger partial charge >= 0.3 is 0 Å². The van der Waals surface area contributed by atoms with Gasteiger partial charge in [-0.25, -0.2) is 4.98 Å². The minimum Gasteiger partial charge on any atom is -0.411 e. The molecule has 0 spiro atoms. The molecule has 0 atom stereocenters. The van der Waals surface area contributed by atoms with Crippen molar-refractivity contribution < 1.29 is 9.21 Å². The number of aromatic nitrogens is 4. The fraction of sp³-hybridized carbons (Fsp3) is 0.0500. The molecule has 0 unspecified atom stereocenters. The van der Waals surface area contributed by atoms with Gasteiger partial charge in [0.15, 0.2) is 5.13 Å². The van der Waals surface area contributed by atoms with Crippen molar-refractivity contribution in [1.82, 2.24) is 20.2 Å². The lowest BCUT2D eigenvalue weighted by Gasteiger charge is -1.99. The van der Waals surface area contributed by atoms with Gasteiger partial charge < -0.3 is 9.73 Å². The average molecular weight is 454 g/mol. The van der Waals surface area contributed by atoms with Gasteiger partial charge in [0, 0.05) is 22.2 Å².